The fourth-order valence-corrected chi connectivity index (χ4v) is 3.41. The molecule has 0 saturated carbocycles. The van der Waals surface area contributed by atoms with E-state index < -0.39 is 51.2 Å². The minimum Gasteiger partial charge on any atom is -0.364 e. The number of aromatic nitrogens is 1. The number of sulfone groups is 1. The number of carbonyl (C=O) groups excluding carboxylic acids is 1. The van der Waals surface area contributed by atoms with Gasteiger partial charge in [-0.1, -0.05) is 6.07 Å². The number of hydrogen-bond donors (Lipinski definition) is 1. The van der Waals surface area contributed by atoms with E-state index in [-0.39, 0.29) is 5.56 Å². The highest BCUT2D eigenvalue weighted by Crippen LogP contribution is 2.40. The van der Waals surface area contributed by atoms with Gasteiger partial charge in [0.2, 0.25) is 0 Å². The number of alkyl halides is 6. The number of rotatable bonds is 5. The van der Waals surface area contributed by atoms with Gasteiger partial charge in [0.1, 0.15) is 5.69 Å². The number of nitrogens with two attached hydrogens (primary N) is 1. The summed E-state index contributed by atoms with van der Waals surface area (Å²) in [6.45, 7) is 0. The molecule has 0 aliphatic rings. The van der Waals surface area contributed by atoms with Gasteiger partial charge in [0.25, 0.3) is 5.91 Å². The molecule has 130 valence electrons. The van der Waals surface area contributed by atoms with E-state index in [9.17, 15) is 39.6 Å². The lowest BCUT2D eigenvalue weighted by atomic mass is 10.1. The molecule has 5 nitrogen and oxygen atoms in total. The van der Waals surface area contributed by atoms with E-state index in [1.807, 2.05) is 0 Å². The van der Waals surface area contributed by atoms with Crippen LogP contribution in [-0.2, 0) is 15.6 Å². The van der Waals surface area contributed by atoms with Crippen LogP contribution in [0.3, 0.4) is 0 Å². The average Bonchev–Trinajstić information content (AvgIpc) is 2.33. The molecule has 0 fully saturated rings. The summed E-state index contributed by atoms with van der Waals surface area (Å²) >= 11 is 0. The zero-order chi connectivity index (χ0) is 18.1. The lowest BCUT2D eigenvalue weighted by Crippen LogP contribution is -2.41. The molecule has 2 N–H and O–H groups in total. The maximum Gasteiger partial charge on any atom is 0.401 e. The number of nitrogens with zero attached hydrogens (tertiary/aromatic N) is 1. The second-order valence-electron chi connectivity index (χ2n) is 4.57. The van der Waals surface area contributed by atoms with Crippen LogP contribution in [0.5, 0.6) is 0 Å². The van der Waals surface area contributed by atoms with Gasteiger partial charge < -0.3 is 5.73 Å². The van der Waals surface area contributed by atoms with Crippen LogP contribution in [0.1, 0.15) is 16.1 Å². The lowest BCUT2D eigenvalue weighted by molar-refractivity contribution is -0.276. The summed E-state index contributed by atoms with van der Waals surface area (Å²) in [6.07, 6.45) is -10.5. The van der Waals surface area contributed by atoms with E-state index in [4.69, 9.17) is 5.73 Å². The van der Waals surface area contributed by atoms with Gasteiger partial charge in [-0.3, -0.25) is 9.78 Å². The summed E-state index contributed by atoms with van der Waals surface area (Å²) in [4.78, 5) is 14.5. The molecular formula is C11H10F6N2O3S. The van der Waals surface area contributed by atoms with Crippen LogP contribution in [0.2, 0.25) is 0 Å². The normalized spacial score (nSPS) is 13.3. The van der Waals surface area contributed by atoms with Crippen LogP contribution >= 0.6 is 0 Å². The van der Waals surface area contributed by atoms with Gasteiger partial charge in [0.05, 0.1) is 11.5 Å². The summed E-state index contributed by atoms with van der Waals surface area (Å²) in [5.74, 6) is -8.58. The minimum absolute atomic E-state index is 0.372. The third-order valence-electron chi connectivity index (χ3n) is 2.71. The third-order valence-corrected chi connectivity index (χ3v) is 4.30. The molecule has 1 rings (SSSR count). The van der Waals surface area contributed by atoms with Crippen molar-refractivity contribution in [3.8, 4) is 0 Å². The summed E-state index contributed by atoms with van der Waals surface area (Å²) in [5, 5.41) is 0. The van der Waals surface area contributed by atoms with Crippen molar-refractivity contribution in [3.05, 3.63) is 29.6 Å². The molecule has 0 bridgehead atoms. The fourth-order valence-electron chi connectivity index (χ4n) is 1.70. The van der Waals surface area contributed by atoms with Crippen molar-refractivity contribution >= 4 is 15.7 Å². The standard InChI is InChI=1S/C11H10F6N2O3S/c12-10(13,14)7(11(15,16)17)5-23(21,22)4-6-2-1-3-19-8(6)9(18)20/h1-3,7H,4-5H2,(H2,18,20). The Kier molecular flexibility index (Phi) is 5.29. The molecule has 1 aromatic heterocycles. The quantitative estimate of drug-likeness (QED) is 0.808. The largest absolute Gasteiger partial charge is 0.401 e. The first kappa shape index (κ1) is 19.2. The topological polar surface area (TPSA) is 90.1 Å². The van der Waals surface area contributed by atoms with E-state index in [1.165, 1.54) is 6.07 Å². The molecule has 12 heteroatoms. The first-order valence-corrected chi connectivity index (χ1v) is 7.64. The van der Waals surface area contributed by atoms with Crippen molar-refractivity contribution in [2.45, 2.75) is 18.1 Å². The first-order valence-electron chi connectivity index (χ1n) is 5.81. The Morgan fingerprint density at radius 1 is 1.17 bits per heavy atom. The van der Waals surface area contributed by atoms with Crippen LogP contribution in [0.4, 0.5) is 26.3 Å². The molecule has 0 radical (unpaired) electrons. The molecule has 0 aliphatic heterocycles. The van der Waals surface area contributed by atoms with Crippen molar-refractivity contribution in [1.29, 1.82) is 0 Å². The number of hydrogen-bond acceptors (Lipinski definition) is 4. The van der Waals surface area contributed by atoms with E-state index in [0.29, 0.717) is 0 Å². The molecule has 0 aliphatic carbocycles. The highest BCUT2D eigenvalue weighted by Gasteiger charge is 2.58. The third kappa shape index (κ3) is 5.37. The van der Waals surface area contributed by atoms with Crippen molar-refractivity contribution in [2.75, 3.05) is 5.75 Å². The first-order chi connectivity index (χ1) is 10.2. The number of amides is 1. The van der Waals surface area contributed by atoms with E-state index in [1.54, 1.807) is 0 Å². The van der Waals surface area contributed by atoms with Gasteiger partial charge in [0.15, 0.2) is 15.8 Å². The minimum atomic E-state index is -5.77. The SMILES string of the molecule is NC(=O)c1ncccc1CS(=O)(=O)CC(C(F)(F)F)C(F)(F)F. The zero-order valence-corrected chi connectivity index (χ0v) is 12.0. The Bertz CT molecular complexity index is 670. The molecule has 0 atom stereocenters. The highest BCUT2D eigenvalue weighted by atomic mass is 32.2. The van der Waals surface area contributed by atoms with Crippen molar-refractivity contribution in [1.82, 2.24) is 4.98 Å². The molecular weight excluding hydrogens is 354 g/mol. The summed E-state index contributed by atoms with van der Waals surface area (Å²) in [6, 6.07) is 2.20. The van der Waals surface area contributed by atoms with Gasteiger partial charge >= 0.3 is 12.4 Å². The Morgan fingerprint density at radius 3 is 2.13 bits per heavy atom. The van der Waals surface area contributed by atoms with Crippen LogP contribution in [-0.4, -0.2) is 37.4 Å². The van der Waals surface area contributed by atoms with E-state index in [0.717, 1.165) is 12.3 Å². The Hall–Kier alpha value is -1.85. The monoisotopic (exact) mass is 364 g/mol. The Morgan fingerprint density at radius 2 is 1.70 bits per heavy atom. The maximum absolute atomic E-state index is 12.4. The van der Waals surface area contributed by atoms with Crippen LogP contribution < -0.4 is 5.73 Å². The number of halogens is 6. The van der Waals surface area contributed by atoms with Crippen LogP contribution in [0.15, 0.2) is 18.3 Å². The zero-order valence-electron chi connectivity index (χ0n) is 11.1. The van der Waals surface area contributed by atoms with E-state index in [2.05, 4.69) is 4.98 Å². The molecule has 23 heavy (non-hydrogen) atoms. The van der Waals surface area contributed by atoms with Gasteiger partial charge in [-0.2, -0.15) is 26.3 Å². The smallest absolute Gasteiger partial charge is 0.364 e. The highest BCUT2D eigenvalue weighted by molar-refractivity contribution is 7.90. The molecule has 1 amide bonds. The average molecular weight is 364 g/mol. The predicted molar refractivity (Wildman–Crippen MR) is 65.8 cm³/mol. The van der Waals surface area contributed by atoms with Crippen molar-refractivity contribution < 1.29 is 39.6 Å². The summed E-state index contributed by atoms with van der Waals surface area (Å²) in [7, 11) is -4.84. The number of carbonyl (C=O) groups is 1. The Labute approximate surface area is 126 Å². The molecule has 0 aromatic carbocycles. The number of pyridine rings is 1. The van der Waals surface area contributed by atoms with Gasteiger partial charge in [0, 0.05) is 6.20 Å². The van der Waals surface area contributed by atoms with Gasteiger partial charge in [-0.05, 0) is 11.6 Å². The van der Waals surface area contributed by atoms with Crippen molar-refractivity contribution in [2.24, 2.45) is 11.7 Å². The lowest BCUT2D eigenvalue weighted by Gasteiger charge is -2.22. The maximum atomic E-state index is 12.4. The predicted octanol–water partition coefficient (Wildman–Crippen LogP) is 1.84. The van der Waals surface area contributed by atoms with Crippen LogP contribution in [0, 0.1) is 5.92 Å². The molecule has 0 spiro atoms. The second kappa shape index (κ2) is 6.34. The molecule has 1 heterocycles. The number of primary amides is 1. The molecule has 0 unspecified atom stereocenters. The van der Waals surface area contributed by atoms with Gasteiger partial charge in [-0.25, -0.2) is 8.42 Å². The van der Waals surface area contributed by atoms with E-state index >= 15 is 0 Å². The second-order valence-corrected chi connectivity index (χ2v) is 6.67. The summed E-state index contributed by atoms with van der Waals surface area (Å²) in [5.41, 5.74) is 4.01. The molecule has 0 saturated heterocycles. The van der Waals surface area contributed by atoms with Crippen LogP contribution in [0.25, 0.3) is 0 Å². The van der Waals surface area contributed by atoms with Gasteiger partial charge in [-0.15, -0.1) is 0 Å². The molecule has 1 aromatic rings. The fraction of sp³-hybridized carbons (Fsp3) is 0.455. The van der Waals surface area contributed by atoms with Crippen molar-refractivity contribution in [3.63, 3.8) is 0 Å². The summed E-state index contributed by atoms with van der Waals surface area (Å²) < 4.78 is 97.9. The Balaban J connectivity index is 3.12.